The fourth-order valence-corrected chi connectivity index (χ4v) is 1.40. The summed E-state index contributed by atoms with van der Waals surface area (Å²) in [6.07, 6.45) is 0.496. The standard InChI is InChI=1S/C5H13NO2S/c1-3-5(6)9(7,8)4-2/h5H,3-4,6H2,1-2H3. The molecule has 2 N–H and O–H groups in total. The molecule has 0 radical (unpaired) electrons. The zero-order chi connectivity index (χ0) is 7.49. The van der Waals surface area contributed by atoms with Crippen LogP contribution >= 0.6 is 0 Å². The van der Waals surface area contributed by atoms with Crippen LogP contribution in [0.25, 0.3) is 0 Å². The number of sulfone groups is 1. The van der Waals surface area contributed by atoms with Gasteiger partial charge in [0.2, 0.25) is 0 Å². The molecule has 0 rings (SSSR count). The largest absolute Gasteiger partial charge is 0.315 e. The van der Waals surface area contributed by atoms with Crippen molar-refractivity contribution in [1.82, 2.24) is 0 Å². The molecule has 3 nitrogen and oxygen atoms in total. The summed E-state index contributed by atoms with van der Waals surface area (Å²) in [7, 11) is -2.97. The van der Waals surface area contributed by atoms with Crippen LogP contribution in [0.2, 0.25) is 0 Å². The number of rotatable bonds is 3. The second kappa shape index (κ2) is 3.17. The van der Waals surface area contributed by atoms with E-state index in [9.17, 15) is 8.42 Å². The SMILES string of the molecule is CCC(N)S(=O)(=O)CC. The topological polar surface area (TPSA) is 60.2 Å². The van der Waals surface area contributed by atoms with E-state index in [1.54, 1.807) is 13.8 Å². The van der Waals surface area contributed by atoms with Gasteiger partial charge in [0.05, 0.1) is 0 Å². The van der Waals surface area contributed by atoms with Gasteiger partial charge in [0.25, 0.3) is 0 Å². The average molecular weight is 151 g/mol. The summed E-state index contributed by atoms with van der Waals surface area (Å²) >= 11 is 0. The Morgan fingerprint density at radius 2 is 1.89 bits per heavy atom. The highest BCUT2D eigenvalue weighted by atomic mass is 32.2. The molecule has 1 unspecified atom stereocenters. The quantitative estimate of drug-likeness (QED) is 0.623. The minimum atomic E-state index is -2.97. The van der Waals surface area contributed by atoms with Gasteiger partial charge in [-0.05, 0) is 6.42 Å². The molecule has 0 heterocycles. The van der Waals surface area contributed by atoms with Crippen molar-refractivity contribution in [3.8, 4) is 0 Å². The second-order valence-corrected chi connectivity index (χ2v) is 4.41. The highest BCUT2D eigenvalue weighted by molar-refractivity contribution is 7.91. The molecule has 0 aromatic carbocycles. The van der Waals surface area contributed by atoms with Crippen molar-refractivity contribution in [2.45, 2.75) is 25.6 Å². The third-order valence-corrected chi connectivity index (χ3v) is 3.33. The van der Waals surface area contributed by atoms with E-state index < -0.39 is 15.2 Å². The lowest BCUT2D eigenvalue weighted by Crippen LogP contribution is -2.30. The van der Waals surface area contributed by atoms with E-state index in [1.165, 1.54) is 0 Å². The molecule has 0 aliphatic heterocycles. The third-order valence-electron chi connectivity index (χ3n) is 1.27. The van der Waals surface area contributed by atoms with Gasteiger partial charge in [-0.15, -0.1) is 0 Å². The molecule has 9 heavy (non-hydrogen) atoms. The first-order valence-electron chi connectivity index (χ1n) is 3.01. The van der Waals surface area contributed by atoms with Crippen molar-refractivity contribution >= 4 is 9.84 Å². The Bertz CT molecular complexity index is 162. The van der Waals surface area contributed by atoms with Crippen LogP contribution < -0.4 is 5.73 Å². The monoisotopic (exact) mass is 151 g/mol. The van der Waals surface area contributed by atoms with E-state index in [2.05, 4.69) is 0 Å². The molecule has 1 atom stereocenters. The summed E-state index contributed by atoms with van der Waals surface area (Å²) in [4.78, 5) is 0. The Hall–Kier alpha value is -0.0900. The van der Waals surface area contributed by atoms with Crippen molar-refractivity contribution in [3.63, 3.8) is 0 Å². The highest BCUT2D eigenvalue weighted by Gasteiger charge is 2.15. The average Bonchev–Trinajstić information content (AvgIpc) is 1.86. The summed E-state index contributed by atoms with van der Waals surface area (Å²) in [5.41, 5.74) is 5.27. The Labute approximate surface area is 56.2 Å². The van der Waals surface area contributed by atoms with Crippen molar-refractivity contribution < 1.29 is 8.42 Å². The van der Waals surface area contributed by atoms with E-state index in [0.717, 1.165) is 0 Å². The van der Waals surface area contributed by atoms with Gasteiger partial charge in [-0.2, -0.15) is 0 Å². The minimum Gasteiger partial charge on any atom is -0.315 e. The molecule has 0 saturated carbocycles. The fourth-order valence-electron chi connectivity index (χ4n) is 0.468. The summed E-state index contributed by atoms with van der Waals surface area (Å²) < 4.78 is 21.6. The Kier molecular flexibility index (Phi) is 3.14. The van der Waals surface area contributed by atoms with Gasteiger partial charge >= 0.3 is 0 Å². The molecule has 0 aliphatic carbocycles. The van der Waals surface area contributed by atoms with Crippen molar-refractivity contribution in [2.24, 2.45) is 5.73 Å². The molecule has 0 aliphatic rings. The zero-order valence-electron chi connectivity index (χ0n) is 5.79. The zero-order valence-corrected chi connectivity index (χ0v) is 6.61. The van der Waals surface area contributed by atoms with Crippen LogP contribution in [0.3, 0.4) is 0 Å². The van der Waals surface area contributed by atoms with Crippen LogP contribution in [-0.2, 0) is 9.84 Å². The molecule has 0 fully saturated rings. The van der Waals surface area contributed by atoms with Crippen LogP contribution in [0.15, 0.2) is 0 Å². The highest BCUT2D eigenvalue weighted by Crippen LogP contribution is 1.98. The van der Waals surface area contributed by atoms with Gasteiger partial charge in [-0.1, -0.05) is 13.8 Å². The molecular weight excluding hydrogens is 138 g/mol. The van der Waals surface area contributed by atoms with Gasteiger partial charge in [-0.25, -0.2) is 8.42 Å². The van der Waals surface area contributed by atoms with E-state index in [1.807, 2.05) is 0 Å². The lowest BCUT2D eigenvalue weighted by molar-refractivity contribution is 0.579. The molecule has 0 spiro atoms. The van der Waals surface area contributed by atoms with Gasteiger partial charge in [0.15, 0.2) is 9.84 Å². The number of hydrogen-bond donors (Lipinski definition) is 1. The maximum atomic E-state index is 10.8. The summed E-state index contributed by atoms with van der Waals surface area (Å²) in [5, 5.41) is -0.664. The first-order valence-corrected chi connectivity index (χ1v) is 4.73. The molecule has 0 aromatic heterocycles. The van der Waals surface area contributed by atoms with Crippen molar-refractivity contribution in [1.29, 1.82) is 0 Å². The van der Waals surface area contributed by atoms with Crippen LogP contribution in [0.5, 0.6) is 0 Å². The van der Waals surface area contributed by atoms with E-state index in [4.69, 9.17) is 5.73 Å². The number of hydrogen-bond acceptors (Lipinski definition) is 3. The minimum absolute atomic E-state index is 0.141. The first kappa shape index (κ1) is 8.91. The van der Waals surface area contributed by atoms with Crippen LogP contribution in [0.1, 0.15) is 20.3 Å². The van der Waals surface area contributed by atoms with E-state index in [0.29, 0.717) is 6.42 Å². The molecule has 0 aromatic rings. The summed E-state index contributed by atoms with van der Waals surface area (Å²) in [6, 6.07) is 0. The number of nitrogens with two attached hydrogens (primary N) is 1. The Morgan fingerprint density at radius 3 is 2.00 bits per heavy atom. The maximum Gasteiger partial charge on any atom is 0.165 e. The summed E-state index contributed by atoms with van der Waals surface area (Å²) in [6.45, 7) is 3.36. The van der Waals surface area contributed by atoms with E-state index in [-0.39, 0.29) is 5.75 Å². The van der Waals surface area contributed by atoms with Crippen LogP contribution in [0.4, 0.5) is 0 Å². The summed E-state index contributed by atoms with van der Waals surface area (Å²) in [5.74, 6) is 0.141. The first-order chi connectivity index (χ1) is 4.04. The predicted molar refractivity (Wildman–Crippen MR) is 37.7 cm³/mol. The third kappa shape index (κ3) is 2.32. The second-order valence-electron chi connectivity index (χ2n) is 1.90. The lowest BCUT2D eigenvalue weighted by Gasteiger charge is -2.06. The van der Waals surface area contributed by atoms with Crippen molar-refractivity contribution in [2.75, 3.05) is 5.75 Å². The molecule has 0 amide bonds. The molecular formula is C5H13NO2S. The normalized spacial score (nSPS) is 15.4. The van der Waals surface area contributed by atoms with Crippen LogP contribution in [-0.4, -0.2) is 19.5 Å². The maximum absolute atomic E-state index is 10.8. The molecule has 0 saturated heterocycles. The molecule has 4 heteroatoms. The van der Waals surface area contributed by atoms with Gasteiger partial charge in [-0.3, -0.25) is 0 Å². The van der Waals surface area contributed by atoms with Gasteiger partial charge in [0, 0.05) is 5.75 Å². The predicted octanol–water partition coefficient (Wildman–Crippen LogP) is 0.116. The molecule has 0 bridgehead atoms. The van der Waals surface area contributed by atoms with Gasteiger partial charge < -0.3 is 5.73 Å². The Balaban J connectivity index is 4.17. The smallest absolute Gasteiger partial charge is 0.165 e. The molecule has 56 valence electrons. The van der Waals surface area contributed by atoms with Crippen molar-refractivity contribution in [3.05, 3.63) is 0 Å². The van der Waals surface area contributed by atoms with E-state index >= 15 is 0 Å². The van der Waals surface area contributed by atoms with Gasteiger partial charge in [0.1, 0.15) is 5.37 Å². The fraction of sp³-hybridized carbons (Fsp3) is 1.00. The lowest BCUT2D eigenvalue weighted by atomic mass is 10.5. The Morgan fingerprint density at radius 1 is 1.44 bits per heavy atom. The van der Waals surface area contributed by atoms with Crippen LogP contribution in [0, 0.1) is 0 Å².